The zero-order valence-electron chi connectivity index (χ0n) is 9.01. The highest BCUT2D eigenvalue weighted by atomic mass is 13.9. The Morgan fingerprint density at radius 2 is 1.85 bits per heavy atom. The molecule has 0 heteroatoms. The molecule has 0 spiro atoms. The van der Waals surface area contributed by atoms with E-state index in [2.05, 4.69) is 51.7 Å². The SMILES string of the molecule is C=CCC/C=C(C)/C=C/C=C(C)C. The lowest BCUT2D eigenvalue weighted by Gasteiger charge is -1.90. The molecule has 0 bridgehead atoms. The van der Waals surface area contributed by atoms with Gasteiger partial charge in [0.15, 0.2) is 0 Å². The van der Waals surface area contributed by atoms with E-state index in [9.17, 15) is 0 Å². The van der Waals surface area contributed by atoms with E-state index in [4.69, 9.17) is 0 Å². The van der Waals surface area contributed by atoms with E-state index >= 15 is 0 Å². The Balaban J connectivity index is 3.90. The Morgan fingerprint density at radius 3 is 2.38 bits per heavy atom. The van der Waals surface area contributed by atoms with E-state index in [1.54, 1.807) is 0 Å². The fourth-order valence-corrected chi connectivity index (χ4v) is 0.889. The fraction of sp³-hybridized carbons (Fsp3) is 0.385. The first kappa shape index (κ1) is 12.0. The predicted molar refractivity (Wildman–Crippen MR) is 61.8 cm³/mol. The van der Waals surface area contributed by atoms with Crippen molar-refractivity contribution in [2.24, 2.45) is 0 Å². The maximum atomic E-state index is 3.69. The average Bonchev–Trinajstić information content (AvgIpc) is 2.04. The van der Waals surface area contributed by atoms with Crippen molar-refractivity contribution in [3.05, 3.63) is 48.1 Å². The fourth-order valence-electron chi connectivity index (χ4n) is 0.889. The molecule has 13 heavy (non-hydrogen) atoms. The molecule has 0 rings (SSSR count). The Bertz CT molecular complexity index is 222. The van der Waals surface area contributed by atoms with Crippen molar-refractivity contribution >= 4 is 0 Å². The Labute approximate surface area is 82.4 Å². The second-order valence-corrected chi connectivity index (χ2v) is 3.42. The third-order valence-corrected chi connectivity index (χ3v) is 1.63. The second-order valence-electron chi connectivity index (χ2n) is 3.42. The number of rotatable bonds is 5. The second kappa shape index (κ2) is 7.60. The molecule has 0 N–H and O–H groups in total. The van der Waals surface area contributed by atoms with Gasteiger partial charge in [-0.2, -0.15) is 0 Å². The Kier molecular flexibility index (Phi) is 6.99. The van der Waals surface area contributed by atoms with Crippen LogP contribution in [0.15, 0.2) is 48.1 Å². The molecular weight excluding hydrogens is 156 g/mol. The van der Waals surface area contributed by atoms with Crippen molar-refractivity contribution in [2.75, 3.05) is 0 Å². The van der Waals surface area contributed by atoms with E-state index in [0.717, 1.165) is 12.8 Å². The van der Waals surface area contributed by atoms with Crippen LogP contribution in [-0.2, 0) is 0 Å². The lowest BCUT2D eigenvalue weighted by Crippen LogP contribution is -1.70. The first-order valence-corrected chi connectivity index (χ1v) is 4.76. The summed E-state index contributed by atoms with van der Waals surface area (Å²) in [6, 6.07) is 0. The van der Waals surface area contributed by atoms with Crippen LogP contribution in [0.25, 0.3) is 0 Å². The van der Waals surface area contributed by atoms with Gasteiger partial charge in [0.25, 0.3) is 0 Å². The van der Waals surface area contributed by atoms with E-state index in [-0.39, 0.29) is 0 Å². The first-order chi connectivity index (χ1) is 6.16. The van der Waals surface area contributed by atoms with E-state index < -0.39 is 0 Å². The summed E-state index contributed by atoms with van der Waals surface area (Å²) < 4.78 is 0. The van der Waals surface area contributed by atoms with Crippen LogP contribution in [0, 0.1) is 0 Å². The summed E-state index contributed by atoms with van der Waals surface area (Å²) in [6.07, 6.45) is 12.7. The summed E-state index contributed by atoms with van der Waals surface area (Å²) in [6.45, 7) is 10.0. The molecule has 0 amide bonds. The molecule has 0 heterocycles. The van der Waals surface area contributed by atoms with Crippen LogP contribution in [0.1, 0.15) is 33.6 Å². The largest absolute Gasteiger partial charge is 0.103 e. The zero-order valence-corrected chi connectivity index (χ0v) is 9.01. The monoisotopic (exact) mass is 176 g/mol. The van der Waals surface area contributed by atoms with E-state index in [1.165, 1.54) is 11.1 Å². The molecule has 0 aromatic heterocycles. The Hall–Kier alpha value is -1.04. The molecule has 0 unspecified atom stereocenters. The molecule has 0 saturated heterocycles. The Morgan fingerprint density at radius 1 is 1.15 bits per heavy atom. The van der Waals surface area contributed by atoms with Crippen molar-refractivity contribution in [2.45, 2.75) is 33.6 Å². The molecule has 0 fully saturated rings. The van der Waals surface area contributed by atoms with Crippen molar-refractivity contribution in [1.82, 2.24) is 0 Å². The van der Waals surface area contributed by atoms with E-state index in [0.29, 0.717) is 0 Å². The van der Waals surface area contributed by atoms with Gasteiger partial charge in [-0.05, 0) is 33.6 Å². The molecule has 0 aromatic carbocycles. The zero-order chi connectivity index (χ0) is 10.1. The molecular formula is C13H20. The van der Waals surface area contributed by atoms with Gasteiger partial charge in [0, 0.05) is 0 Å². The summed E-state index contributed by atoms with van der Waals surface area (Å²) in [4.78, 5) is 0. The molecule has 0 aliphatic rings. The van der Waals surface area contributed by atoms with Crippen LogP contribution in [-0.4, -0.2) is 0 Å². The molecule has 72 valence electrons. The van der Waals surface area contributed by atoms with Crippen LogP contribution in [0.4, 0.5) is 0 Å². The molecule has 0 aliphatic carbocycles. The van der Waals surface area contributed by atoms with Crippen LogP contribution < -0.4 is 0 Å². The van der Waals surface area contributed by atoms with Gasteiger partial charge in [0.05, 0.1) is 0 Å². The third-order valence-electron chi connectivity index (χ3n) is 1.63. The first-order valence-electron chi connectivity index (χ1n) is 4.76. The topological polar surface area (TPSA) is 0 Å². The van der Waals surface area contributed by atoms with Gasteiger partial charge in [-0.25, -0.2) is 0 Å². The van der Waals surface area contributed by atoms with Crippen molar-refractivity contribution in [1.29, 1.82) is 0 Å². The maximum Gasteiger partial charge on any atom is -0.0310 e. The normalized spacial score (nSPS) is 11.8. The number of hydrogen-bond donors (Lipinski definition) is 0. The molecule has 0 saturated carbocycles. The summed E-state index contributed by atoms with van der Waals surface area (Å²) in [5.41, 5.74) is 2.65. The molecule has 0 atom stereocenters. The van der Waals surface area contributed by atoms with Gasteiger partial charge in [-0.15, -0.1) is 6.58 Å². The van der Waals surface area contributed by atoms with Gasteiger partial charge in [0.1, 0.15) is 0 Å². The highest BCUT2D eigenvalue weighted by Gasteiger charge is 1.80. The van der Waals surface area contributed by atoms with Crippen LogP contribution in [0.5, 0.6) is 0 Å². The highest BCUT2D eigenvalue weighted by molar-refractivity contribution is 5.21. The van der Waals surface area contributed by atoms with Crippen LogP contribution >= 0.6 is 0 Å². The summed E-state index contributed by atoms with van der Waals surface area (Å²) >= 11 is 0. The third kappa shape index (κ3) is 8.87. The maximum absolute atomic E-state index is 3.69. The van der Waals surface area contributed by atoms with Crippen molar-refractivity contribution < 1.29 is 0 Å². The summed E-state index contributed by atoms with van der Waals surface area (Å²) in [7, 11) is 0. The molecule has 0 aliphatic heterocycles. The average molecular weight is 176 g/mol. The minimum atomic E-state index is 1.06. The molecule has 0 aromatic rings. The predicted octanol–water partition coefficient (Wildman–Crippen LogP) is 4.42. The number of allylic oxidation sites excluding steroid dienone is 7. The van der Waals surface area contributed by atoms with Gasteiger partial charge >= 0.3 is 0 Å². The van der Waals surface area contributed by atoms with Gasteiger partial charge < -0.3 is 0 Å². The summed E-state index contributed by atoms with van der Waals surface area (Å²) in [5, 5.41) is 0. The number of unbranched alkanes of at least 4 members (excludes halogenated alkanes) is 1. The van der Waals surface area contributed by atoms with Gasteiger partial charge in [-0.1, -0.05) is 41.5 Å². The minimum absolute atomic E-state index is 1.06. The lowest BCUT2D eigenvalue weighted by molar-refractivity contribution is 1.04. The molecule has 0 nitrogen and oxygen atoms in total. The number of hydrogen-bond acceptors (Lipinski definition) is 0. The van der Waals surface area contributed by atoms with Crippen LogP contribution in [0.2, 0.25) is 0 Å². The highest BCUT2D eigenvalue weighted by Crippen LogP contribution is 2.01. The van der Waals surface area contributed by atoms with Crippen molar-refractivity contribution in [3.8, 4) is 0 Å². The minimum Gasteiger partial charge on any atom is -0.103 e. The van der Waals surface area contributed by atoms with Gasteiger partial charge in [-0.3, -0.25) is 0 Å². The standard InChI is InChI=1S/C13H20/c1-5-6-7-10-13(4)11-8-9-12(2)3/h5,8-11H,1,6-7H2,2-4H3/b11-8+,13-10+. The lowest BCUT2D eigenvalue weighted by atomic mass is 10.2. The molecule has 0 radical (unpaired) electrons. The van der Waals surface area contributed by atoms with Crippen molar-refractivity contribution in [3.63, 3.8) is 0 Å². The van der Waals surface area contributed by atoms with E-state index in [1.807, 2.05) is 6.08 Å². The quantitative estimate of drug-likeness (QED) is 0.330. The summed E-state index contributed by atoms with van der Waals surface area (Å²) in [5.74, 6) is 0. The van der Waals surface area contributed by atoms with Gasteiger partial charge in [0.2, 0.25) is 0 Å². The van der Waals surface area contributed by atoms with Crippen LogP contribution in [0.3, 0.4) is 0 Å². The smallest absolute Gasteiger partial charge is 0.0310 e.